The van der Waals surface area contributed by atoms with E-state index in [9.17, 15) is 15.0 Å². The van der Waals surface area contributed by atoms with Crippen LogP contribution in [0.4, 0.5) is 5.82 Å². The van der Waals surface area contributed by atoms with E-state index in [1.165, 1.54) is 0 Å². The maximum Gasteiger partial charge on any atom is 0.330 e. The first-order valence-electron chi connectivity index (χ1n) is 12.1. The number of hydrogen-bond donors (Lipinski definition) is 3. The van der Waals surface area contributed by atoms with E-state index in [4.69, 9.17) is 9.75 Å². The van der Waals surface area contributed by atoms with Gasteiger partial charge in [-0.3, -0.25) is 4.79 Å². The van der Waals surface area contributed by atoms with Crippen molar-refractivity contribution >= 4 is 24.7 Å². The average molecular weight is 490 g/mol. The number of aryl methyl sites for hydroxylation is 1. The minimum atomic E-state index is -1.37. The van der Waals surface area contributed by atoms with Gasteiger partial charge in [0, 0.05) is 11.5 Å². The number of hydrogen-bond acceptors (Lipinski definition) is 5. The number of nitrogens with zero attached hydrogens (tertiary/aromatic N) is 2. The molecule has 36 heavy (non-hydrogen) atoms. The molecule has 1 unspecified atom stereocenters. The van der Waals surface area contributed by atoms with Gasteiger partial charge in [-0.1, -0.05) is 68.2 Å². The predicted molar refractivity (Wildman–Crippen MR) is 144 cm³/mol. The maximum atomic E-state index is 13.0. The van der Waals surface area contributed by atoms with E-state index >= 15 is 0 Å². The second kappa shape index (κ2) is 10.2. The summed E-state index contributed by atoms with van der Waals surface area (Å²) in [6, 6.07) is 16.5. The Labute approximate surface area is 214 Å². The summed E-state index contributed by atoms with van der Waals surface area (Å²) in [5.74, 6) is -0.0695. The molecule has 8 heteroatoms. The van der Waals surface area contributed by atoms with E-state index in [-0.39, 0.29) is 5.41 Å². The summed E-state index contributed by atoms with van der Waals surface area (Å²) in [7, 11) is 1.56. The zero-order valence-corrected chi connectivity index (χ0v) is 22.5. The highest BCUT2D eigenvalue weighted by Crippen LogP contribution is 2.27. The molecule has 0 aliphatic rings. The van der Waals surface area contributed by atoms with Crippen molar-refractivity contribution in [1.29, 1.82) is 0 Å². The van der Waals surface area contributed by atoms with Gasteiger partial charge in [0.25, 0.3) is 5.91 Å². The van der Waals surface area contributed by atoms with Crippen LogP contribution in [0.15, 0.2) is 54.6 Å². The third kappa shape index (κ3) is 6.43. The molecule has 0 fully saturated rings. The number of aliphatic hydroxyl groups is 2. The highest BCUT2D eigenvalue weighted by molar-refractivity contribution is 6.47. The van der Waals surface area contributed by atoms with Crippen LogP contribution in [0.1, 0.15) is 71.4 Å². The lowest BCUT2D eigenvalue weighted by molar-refractivity contribution is -0.124. The van der Waals surface area contributed by atoms with E-state index in [1.54, 1.807) is 64.1 Å². The normalized spacial score (nSPS) is 13.4. The van der Waals surface area contributed by atoms with Crippen LogP contribution in [0.5, 0.6) is 0 Å². The number of anilines is 1. The van der Waals surface area contributed by atoms with Crippen LogP contribution in [0.25, 0.3) is 5.69 Å². The molecule has 3 rings (SSSR count). The van der Waals surface area contributed by atoms with Crippen molar-refractivity contribution in [2.75, 3.05) is 5.32 Å². The lowest BCUT2D eigenvalue weighted by Gasteiger charge is -2.37. The van der Waals surface area contributed by atoms with Crippen LogP contribution in [0.3, 0.4) is 0 Å². The quantitative estimate of drug-likeness (QED) is 0.416. The largest absolute Gasteiger partial charge is 0.427 e. The second-order valence-electron chi connectivity index (χ2n) is 11.3. The second-order valence-corrected chi connectivity index (χ2v) is 11.3. The first-order chi connectivity index (χ1) is 16.6. The number of aromatic nitrogens is 2. The Morgan fingerprint density at radius 1 is 1.00 bits per heavy atom. The van der Waals surface area contributed by atoms with E-state index < -0.39 is 23.2 Å². The van der Waals surface area contributed by atoms with Crippen molar-refractivity contribution in [3.63, 3.8) is 0 Å². The number of benzene rings is 2. The van der Waals surface area contributed by atoms with Crippen LogP contribution in [0.2, 0.25) is 0 Å². The van der Waals surface area contributed by atoms with Crippen molar-refractivity contribution in [3.05, 3.63) is 71.4 Å². The third-order valence-corrected chi connectivity index (χ3v) is 6.47. The van der Waals surface area contributed by atoms with Gasteiger partial charge in [-0.05, 0) is 52.3 Å². The fraction of sp³-hybridized carbons (Fsp3) is 0.429. The maximum absolute atomic E-state index is 13.0. The van der Waals surface area contributed by atoms with E-state index in [1.807, 2.05) is 37.3 Å². The van der Waals surface area contributed by atoms with E-state index in [0.717, 1.165) is 22.4 Å². The van der Waals surface area contributed by atoms with Crippen LogP contribution >= 0.6 is 0 Å². The predicted octanol–water partition coefficient (Wildman–Crippen LogP) is 3.96. The molecule has 1 aromatic heterocycles. The van der Waals surface area contributed by atoms with Gasteiger partial charge in [0.1, 0.15) is 5.82 Å². The van der Waals surface area contributed by atoms with Crippen LogP contribution < -0.4 is 10.8 Å². The Bertz CT molecular complexity index is 1190. The molecular weight excluding hydrogens is 453 g/mol. The number of nitrogens with one attached hydrogen (secondary N) is 1. The zero-order chi connectivity index (χ0) is 26.9. The molecule has 0 spiro atoms. The van der Waals surface area contributed by atoms with Crippen molar-refractivity contribution in [2.24, 2.45) is 0 Å². The molecule has 0 aliphatic carbocycles. The zero-order valence-electron chi connectivity index (χ0n) is 22.5. The van der Waals surface area contributed by atoms with Crippen LogP contribution in [-0.4, -0.2) is 44.6 Å². The molecule has 1 heterocycles. The lowest BCUT2D eigenvalue weighted by atomic mass is 9.82. The number of carbonyl (C=O) groups is 1. The minimum Gasteiger partial charge on any atom is -0.427 e. The molecule has 1 atom stereocenters. The van der Waals surface area contributed by atoms with Gasteiger partial charge >= 0.3 is 7.48 Å². The summed E-state index contributed by atoms with van der Waals surface area (Å²) in [6.07, 6.45) is -1.37. The lowest BCUT2D eigenvalue weighted by Crippen LogP contribution is -2.49. The van der Waals surface area contributed by atoms with E-state index in [2.05, 4.69) is 26.1 Å². The fourth-order valence-corrected chi connectivity index (χ4v) is 3.18. The molecule has 0 aliphatic heterocycles. The minimum absolute atomic E-state index is 0.220. The standard InChI is InChI=1S/C28H37BN3O4/c1-18-9-15-21(16-10-18)32-23(17-22(31-32)26(2,3)4)30-25(34)24(33)19-11-13-20(14-12-19)29-36-28(7,8)27(5,6)35/h9-17,24,33,35H,1-8H3,(H,30,34). The Kier molecular flexibility index (Phi) is 7.84. The van der Waals surface area contributed by atoms with Gasteiger partial charge in [0.15, 0.2) is 6.10 Å². The molecular formula is C28H37BN3O4. The molecule has 0 saturated carbocycles. The molecule has 1 radical (unpaired) electrons. The molecule has 1 amide bonds. The number of carbonyl (C=O) groups excluding carboxylic acids is 1. The summed E-state index contributed by atoms with van der Waals surface area (Å²) in [5.41, 5.74) is 1.91. The highest BCUT2D eigenvalue weighted by atomic mass is 16.5. The van der Waals surface area contributed by atoms with Gasteiger partial charge in [-0.15, -0.1) is 0 Å². The van der Waals surface area contributed by atoms with Gasteiger partial charge in [0.2, 0.25) is 0 Å². The first kappa shape index (κ1) is 27.6. The van der Waals surface area contributed by atoms with Crippen molar-refractivity contribution < 1.29 is 19.7 Å². The Morgan fingerprint density at radius 3 is 2.11 bits per heavy atom. The first-order valence-corrected chi connectivity index (χ1v) is 12.1. The summed E-state index contributed by atoms with van der Waals surface area (Å²) in [4.78, 5) is 13.0. The summed E-state index contributed by atoms with van der Waals surface area (Å²) >= 11 is 0. The Morgan fingerprint density at radius 2 is 1.58 bits per heavy atom. The van der Waals surface area contributed by atoms with Gasteiger partial charge in [-0.25, -0.2) is 4.68 Å². The van der Waals surface area contributed by atoms with Crippen molar-refractivity contribution in [2.45, 2.75) is 78.1 Å². The molecule has 0 saturated heterocycles. The summed E-state index contributed by atoms with van der Waals surface area (Å²) in [6.45, 7) is 15.2. The van der Waals surface area contributed by atoms with E-state index in [0.29, 0.717) is 11.4 Å². The SMILES string of the molecule is Cc1ccc(-n2nc(C(C)(C)C)cc2NC(=O)C(O)c2ccc([B]OC(C)(C)C(C)(C)O)cc2)cc1. The monoisotopic (exact) mass is 490 g/mol. The van der Waals surface area contributed by atoms with Crippen LogP contribution in [0, 0.1) is 6.92 Å². The van der Waals surface area contributed by atoms with Gasteiger partial charge < -0.3 is 20.2 Å². The molecule has 7 nitrogen and oxygen atoms in total. The number of rotatable bonds is 8. The van der Waals surface area contributed by atoms with Crippen molar-refractivity contribution in [3.8, 4) is 5.69 Å². The number of amides is 1. The average Bonchev–Trinajstić information content (AvgIpc) is 3.21. The molecule has 3 aromatic rings. The number of aliphatic hydroxyl groups excluding tert-OH is 1. The molecule has 2 aromatic carbocycles. The summed E-state index contributed by atoms with van der Waals surface area (Å²) < 4.78 is 7.46. The highest BCUT2D eigenvalue weighted by Gasteiger charge is 2.35. The third-order valence-electron chi connectivity index (χ3n) is 6.47. The van der Waals surface area contributed by atoms with Gasteiger partial charge in [0.05, 0.1) is 22.6 Å². The topological polar surface area (TPSA) is 96.6 Å². The molecule has 191 valence electrons. The van der Waals surface area contributed by atoms with Crippen molar-refractivity contribution in [1.82, 2.24) is 9.78 Å². The Hall–Kier alpha value is -2.94. The molecule has 3 N–H and O–H groups in total. The molecule has 0 bridgehead atoms. The smallest absolute Gasteiger partial charge is 0.330 e. The van der Waals surface area contributed by atoms with Gasteiger partial charge in [-0.2, -0.15) is 5.10 Å². The Balaban J connectivity index is 1.76. The fourth-order valence-electron chi connectivity index (χ4n) is 3.18. The summed E-state index contributed by atoms with van der Waals surface area (Å²) in [5, 5.41) is 28.6. The van der Waals surface area contributed by atoms with Crippen LogP contribution in [-0.2, 0) is 14.9 Å².